The number of aliphatic hydroxyl groups is 3. The van der Waals surface area contributed by atoms with Gasteiger partial charge in [0.05, 0.1) is 25.6 Å². The monoisotopic (exact) mass is 635 g/mol. The third kappa shape index (κ3) is 9.18. The van der Waals surface area contributed by atoms with E-state index in [2.05, 4.69) is 15.0 Å². The molecule has 1 aliphatic heterocycles. The number of imidazole rings is 1. The lowest BCUT2D eigenvalue weighted by Crippen LogP contribution is -2.38. The summed E-state index contributed by atoms with van der Waals surface area (Å²) >= 11 is 2.54. The lowest BCUT2D eigenvalue weighted by molar-refractivity contribution is -0.117. The van der Waals surface area contributed by atoms with E-state index in [1.165, 1.54) is 40.7 Å². The van der Waals surface area contributed by atoms with Crippen molar-refractivity contribution in [2.45, 2.75) is 84.5 Å². The van der Waals surface area contributed by atoms with Gasteiger partial charge in [-0.05, 0) is 12.3 Å². The van der Waals surface area contributed by atoms with Gasteiger partial charge in [0.25, 0.3) is 0 Å². The van der Waals surface area contributed by atoms with Crippen LogP contribution < -0.4 is 5.73 Å². The Morgan fingerprint density at radius 1 is 1.12 bits per heavy atom. The van der Waals surface area contributed by atoms with Gasteiger partial charge >= 0.3 is 8.60 Å². The van der Waals surface area contributed by atoms with E-state index < -0.39 is 50.1 Å². The molecule has 1 aliphatic rings. The molecule has 3 heterocycles. The second kappa shape index (κ2) is 14.6. The minimum Gasteiger partial charge on any atom is -0.387 e. The smallest absolute Gasteiger partial charge is 0.333 e. The zero-order valence-corrected chi connectivity index (χ0v) is 27.0. The Morgan fingerprint density at radius 3 is 2.41 bits per heavy atom. The molecule has 2 aromatic rings. The Labute approximate surface area is 250 Å². The van der Waals surface area contributed by atoms with E-state index in [4.69, 9.17) is 24.0 Å². The largest absolute Gasteiger partial charge is 0.387 e. The highest BCUT2D eigenvalue weighted by molar-refractivity contribution is 8.13. The first-order valence-electron chi connectivity index (χ1n) is 13.3. The van der Waals surface area contributed by atoms with Gasteiger partial charge in [0, 0.05) is 16.9 Å². The molecule has 1 fully saturated rings. The van der Waals surface area contributed by atoms with Crippen molar-refractivity contribution >= 4 is 54.2 Å². The molecule has 7 atom stereocenters. The molecule has 1 saturated heterocycles. The van der Waals surface area contributed by atoms with Gasteiger partial charge < -0.3 is 39.4 Å². The van der Waals surface area contributed by atoms with Gasteiger partial charge in [-0.2, -0.15) is 0 Å². The molecule has 7 unspecified atom stereocenters. The highest BCUT2D eigenvalue weighted by Gasteiger charge is 2.47. The van der Waals surface area contributed by atoms with Crippen LogP contribution in [-0.2, 0) is 23.1 Å². The summed E-state index contributed by atoms with van der Waals surface area (Å²) < 4.78 is 25.4. The average Bonchev–Trinajstić information content (AvgIpc) is 3.44. The predicted molar refractivity (Wildman–Crippen MR) is 160 cm³/mol. The van der Waals surface area contributed by atoms with Crippen LogP contribution >= 0.6 is 32.1 Å². The number of aromatic nitrogens is 4. The number of aliphatic hydroxyl groups excluding tert-OH is 3. The molecule has 0 spiro atoms. The van der Waals surface area contributed by atoms with E-state index in [1.54, 1.807) is 6.92 Å². The first kappa shape index (κ1) is 34.4. The van der Waals surface area contributed by atoms with Gasteiger partial charge in [-0.1, -0.05) is 53.3 Å². The topological polar surface area (TPSA) is 184 Å². The van der Waals surface area contributed by atoms with E-state index in [0.717, 1.165) is 0 Å². The second-order valence-corrected chi connectivity index (χ2v) is 15.2. The zero-order valence-electron chi connectivity index (χ0n) is 24.5. The molecule has 0 radical (unpaired) electrons. The second-order valence-electron chi connectivity index (χ2n) is 11.7. The number of nitrogens with zero attached hydrogens (tertiary/aromatic N) is 4. The quantitative estimate of drug-likeness (QED) is 0.143. The van der Waals surface area contributed by atoms with Crippen LogP contribution in [0.1, 0.15) is 54.7 Å². The van der Waals surface area contributed by atoms with E-state index in [-0.39, 0.29) is 29.6 Å². The molecule has 5 N–H and O–H groups in total. The number of nitrogen functional groups attached to an aromatic ring is 1. The summed E-state index contributed by atoms with van der Waals surface area (Å²) in [5.41, 5.74) is 5.27. The number of carbonyl (C=O) groups excluding carboxylic acids is 1. The van der Waals surface area contributed by atoms with E-state index in [9.17, 15) is 20.1 Å². The molecule has 0 aliphatic carbocycles. The number of anilines is 1. The number of rotatable bonds is 13. The molecular weight excluding hydrogens is 593 g/mol. The van der Waals surface area contributed by atoms with E-state index >= 15 is 0 Å². The molecule has 0 amide bonds. The minimum absolute atomic E-state index is 0.0507. The Morgan fingerprint density at radius 2 is 1.78 bits per heavy atom. The number of ether oxygens (including phenoxy) is 1. The van der Waals surface area contributed by atoms with Gasteiger partial charge in [0.1, 0.15) is 35.6 Å². The summed E-state index contributed by atoms with van der Waals surface area (Å²) in [5.74, 6) is 1.10. The van der Waals surface area contributed by atoms with Crippen LogP contribution in [0.5, 0.6) is 0 Å². The molecule has 13 nitrogen and oxygen atoms in total. The highest BCUT2D eigenvalue weighted by atomic mass is 32.2. The molecule has 16 heteroatoms. The van der Waals surface area contributed by atoms with Crippen molar-refractivity contribution in [3.63, 3.8) is 0 Å². The van der Waals surface area contributed by atoms with Crippen molar-refractivity contribution < 1.29 is 38.4 Å². The van der Waals surface area contributed by atoms with Gasteiger partial charge in [-0.15, -0.1) is 11.8 Å². The first-order chi connectivity index (χ1) is 19.1. The van der Waals surface area contributed by atoms with E-state index in [0.29, 0.717) is 22.7 Å². The van der Waals surface area contributed by atoms with Crippen LogP contribution in [0.25, 0.3) is 11.2 Å². The molecular formula is C25H42N5O8PS2. The summed E-state index contributed by atoms with van der Waals surface area (Å²) in [5, 5.41) is 32.0. The molecule has 0 bridgehead atoms. The number of fused-ring (bicyclic) bond motifs is 1. The number of hydrogen-bond acceptors (Lipinski definition) is 14. The number of hydrogen-bond donors (Lipinski definition) is 4. The van der Waals surface area contributed by atoms with E-state index in [1.807, 2.05) is 41.5 Å². The maximum absolute atomic E-state index is 12.2. The summed E-state index contributed by atoms with van der Waals surface area (Å²) in [6.07, 6.45) is -2.57. The molecule has 3 rings (SSSR count). The van der Waals surface area contributed by atoms with Crippen LogP contribution in [0.2, 0.25) is 0 Å². The summed E-state index contributed by atoms with van der Waals surface area (Å²) in [6.45, 7) is 13.6. The Bertz CT molecular complexity index is 1150. The van der Waals surface area contributed by atoms with Gasteiger partial charge in [-0.3, -0.25) is 9.36 Å². The maximum Gasteiger partial charge on any atom is 0.333 e. The molecule has 0 saturated carbocycles. The highest BCUT2D eigenvalue weighted by Crippen LogP contribution is 2.44. The Kier molecular flexibility index (Phi) is 12.2. The van der Waals surface area contributed by atoms with Crippen LogP contribution in [0.4, 0.5) is 5.82 Å². The van der Waals surface area contributed by atoms with Crippen LogP contribution in [0.15, 0.2) is 12.7 Å². The van der Waals surface area contributed by atoms with Crippen LogP contribution in [0, 0.1) is 10.8 Å². The van der Waals surface area contributed by atoms with Crippen molar-refractivity contribution in [2.24, 2.45) is 10.8 Å². The van der Waals surface area contributed by atoms with Crippen molar-refractivity contribution in [3.05, 3.63) is 12.7 Å². The molecule has 41 heavy (non-hydrogen) atoms. The fraction of sp³-hybridized carbons (Fsp3) is 0.760. The van der Waals surface area contributed by atoms with Gasteiger partial charge in [0.15, 0.2) is 22.8 Å². The lowest BCUT2D eigenvalue weighted by Gasteiger charge is -2.27. The van der Waals surface area contributed by atoms with Crippen molar-refractivity contribution in [2.75, 3.05) is 30.5 Å². The third-order valence-corrected chi connectivity index (χ3v) is 10.0. The Balaban J connectivity index is 1.63. The molecule has 0 aromatic carbocycles. The fourth-order valence-electron chi connectivity index (χ4n) is 3.64. The summed E-state index contributed by atoms with van der Waals surface area (Å²) in [4.78, 5) is 24.6. The van der Waals surface area contributed by atoms with Crippen molar-refractivity contribution in [1.29, 1.82) is 0 Å². The predicted octanol–water partition coefficient (Wildman–Crippen LogP) is 3.10. The SMILES string of the molecule is CC(OP(OCCSC(=O)C(C)(C)C)OCCSC(O)C(C)(C)C)C1OC(n2cnc3c(N)ncnc32)C(O)C1O. The number of carbonyl (C=O) groups is 1. The van der Waals surface area contributed by atoms with Crippen LogP contribution in [0.3, 0.4) is 0 Å². The van der Waals surface area contributed by atoms with Gasteiger partial charge in [0.2, 0.25) is 0 Å². The number of nitrogens with two attached hydrogens (primary N) is 1. The normalized spacial score (nSPS) is 24.0. The fourth-order valence-corrected chi connectivity index (χ4v) is 6.64. The van der Waals surface area contributed by atoms with Crippen LogP contribution in [-0.4, -0.2) is 94.5 Å². The Hall–Kier alpha value is -1.13. The number of thioether (sulfide) groups is 2. The lowest BCUT2D eigenvalue weighted by atomic mass is 9.98. The molecule has 232 valence electrons. The first-order valence-corrected chi connectivity index (χ1v) is 16.4. The minimum atomic E-state index is -1.91. The maximum atomic E-state index is 12.2. The molecule has 2 aromatic heterocycles. The summed E-state index contributed by atoms with van der Waals surface area (Å²) in [6, 6.07) is 0. The zero-order chi connectivity index (χ0) is 30.5. The van der Waals surface area contributed by atoms with Crippen molar-refractivity contribution in [3.8, 4) is 0 Å². The summed E-state index contributed by atoms with van der Waals surface area (Å²) in [7, 11) is -1.91. The standard InChI is InChI=1S/C25H42N5O8PS2/c1-14(18-16(31)17(32)21(37-18)30-13-29-15-19(26)27-12-28-20(15)30)38-39(35-8-10-40-22(33)24(2,3)4)36-9-11-41-23(34)25(5,6)7/h12-14,16-18,21-22,31-33H,8-11H2,1-7H3,(H2,26,27,28). The average molecular weight is 636 g/mol. The third-order valence-electron chi connectivity index (χ3n) is 6.07. The van der Waals surface area contributed by atoms with Crippen molar-refractivity contribution in [1.82, 2.24) is 19.5 Å². The van der Waals surface area contributed by atoms with Gasteiger partial charge in [-0.25, -0.2) is 15.0 Å².